The van der Waals surface area contributed by atoms with Crippen molar-refractivity contribution in [2.75, 3.05) is 31.1 Å². The first kappa shape index (κ1) is 41.1. The Morgan fingerprint density at radius 3 is 2.53 bits per heavy atom. The molecule has 13 heteroatoms. The third-order valence-electron chi connectivity index (χ3n) is 12.8. The first-order chi connectivity index (χ1) is 28.8. The highest BCUT2D eigenvalue weighted by Crippen LogP contribution is 2.42. The van der Waals surface area contributed by atoms with Crippen molar-refractivity contribution in [3.05, 3.63) is 124 Å². The van der Waals surface area contributed by atoms with E-state index in [0.29, 0.717) is 36.8 Å². The third kappa shape index (κ3) is 8.53. The number of phenols is 1. The highest BCUT2D eigenvalue weighted by Gasteiger charge is 2.41. The number of piperidine rings is 3. The molecule has 2 bridgehead atoms. The van der Waals surface area contributed by atoms with Crippen molar-refractivity contribution in [1.29, 1.82) is 0 Å². The van der Waals surface area contributed by atoms with Gasteiger partial charge in [0.15, 0.2) is 8.32 Å². The zero-order valence-corrected chi connectivity index (χ0v) is 36.1. The van der Waals surface area contributed by atoms with Crippen molar-refractivity contribution in [2.24, 2.45) is 5.92 Å². The molecule has 2 atom stereocenters. The lowest BCUT2D eigenvalue weighted by Gasteiger charge is -2.48. The fraction of sp³-hybridized carbons (Fsp3) is 0.362. The summed E-state index contributed by atoms with van der Waals surface area (Å²) in [5.41, 5.74) is 7.31. The van der Waals surface area contributed by atoms with Crippen molar-refractivity contribution in [2.45, 2.75) is 77.0 Å². The van der Waals surface area contributed by atoms with Crippen molar-refractivity contribution < 1.29 is 19.4 Å². The van der Waals surface area contributed by atoms with E-state index >= 15 is 0 Å². The third-order valence-corrected chi connectivity index (χ3v) is 17.3. The Kier molecular flexibility index (Phi) is 11.5. The van der Waals surface area contributed by atoms with Gasteiger partial charge in [-0.3, -0.25) is 9.69 Å². The summed E-state index contributed by atoms with van der Waals surface area (Å²) in [5, 5.41) is 34.5. The summed E-state index contributed by atoms with van der Waals surface area (Å²) >= 11 is 0. The van der Waals surface area contributed by atoms with Crippen LogP contribution in [0.25, 0.3) is 39.1 Å². The number of phenolic OH excluding ortho intramolecular Hbond substituents is 1. The quantitative estimate of drug-likeness (QED) is 0.0839. The number of H-pyrrole nitrogens is 1. The fourth-order valence-electron chi connectivity index (χ4n) is 8.55. The van der Waals surface area contributed by atoms with E-state index in [0.717, 1.165) is 76.7 Å². The number of amides is 1. The number of nitrogens with one attached hydrogen (secondary N) is 2. The van der Waals surface area contributed by atoms with Gasteiger partial charge in [0, 0.05) is 36.7 Å². The molecule has 4 N–H and O–H groups in total. The van der Waals surface area contributed by atoms with Crippen LogP contribution in [0, 0.1) is 5.92 Å². The van der Waals surface area contributed by atoms with Gasteiger partial charge in [-0.15, -0.1) is 5.10 Å². The van der Waals surface area contributed by atoms with Gasteiger partial charge in [0.05, 0.1) is 35.4 Å². The number of rotatable bonds is 13. The van der Waals surface area contributed by atoms with Gasteiger partial charge in [0.1, 0.15) is 11.3 Å². The summed E-state index contributed by atoms with van der Waals surface area (Å²) in [5.74, 6) is 0.375. The highest BCUT2D eigenvalue weighted by molar-refractivity contribution is 6.74. The fourth-order valence-corrected chi connectivity index (χ4v) is 9.82. The van der Waals surface area contributed by atoms with E-state index in [9.17, 15) is 19.8 Å². The van der Waals surface area contributed by atoms with Crippen LogP contribution in [0.3, 0.4) is 0 Å². The summed E-state index contributed by atoms with van der Waals surface area (Å²) in [6.45, 7) is 15.5. The monoisotopic (exact) mass is 825 g/mol. The number of pyridine rings is 1. The van der Waals surface area contributed by atoms with Gasteiger partial charge in [-0.2, -0.15) is 0 Å². The minimum Gasteiger partial charge on any atom is -0.506 e. The molecule has 1 amide bonds. The molecule has 5 heterocycles. The predicted octanol–water partition coefficient (Wildman–Crippen LogP) is 8.79. The van der Waals surface area contributed by atoms with Crippen LogP contribution in [0.2, 0.25) is 18.1 Å². The number of allylic oxidation sites excluding steroid dienone is 1. The number of carboxylic acid groups (broad SMARTS) is 1. The average molecular weight is 826 g/mol. The van der Waals surface area contributed by atoms with Crippen LogP contribution < -0.4 is 15.8 Å². The summed E-state index contributed by atoms with van der Waals surface area (Å²) in [7, 11) is -2.23. The first-order valence-electron chi connectivity index (χ1n) is 20.9. The molecule has 3 aliphatic heterocycles. The topological polar surface area (TPSA) is 149 Å². The molecule has 312 valence electrons. The number of nitrogens with zero attached hydrogens (tertiary/aromatic N) is 5. The summed E-state index contributed by atoms with van der Waals surface area (Å²) < 4.78 is 8.84. The van der Waals surface area contributed by atoms with Crippen molar-refractivity contribution >= 4 is 48.1 Å². The van der Waals surface area contributed by atoms with Gasteiger partial charge >= 0.3 is 6.09 Å². The molecule has 60 heavy (non-hydrogen) atoms. The Hall–Kier alpha value is -5.60. The molecule has 9 rings (SSSR count). The van der Waals surface area contributed by atoms with Crippen LogP contribution >= 0.6 is 0 Å². The van der Waals surface area contributed by atoms with Crippen molar-refractivity contribution in [3.63, 3.8) is 0 Å². The Labute approximate surface area is 351 Å². The summed E-state index contributed by atoms with van der Waals surface area (Å²) in [6.07, 6.45) is 4.87. The number of hydrogen-bond acceptors (Lipinski definition) is 8. The lowest BCUT2D eigenvalue weighted by Crippen LogP contribution is -2.59. The van der Waals surface area contributed by atoms with Gasteiger partial charge in [-0.1, -0.05) is 92.7 Å². The maximum absolute atomic E-state index is 13.0. The second-order valence-corrected chi connectivity index (χ2v) is 22.5. The molecular weight excluding hydrogens is 771 g/mol. The highest BCUT2D eigenvalue weighted by atomic mass is 28.4. The zero-order valence-electron chi connectivity index (χ0n) is 35.1. The lowest BCUT2D eigenvalue weighted by molar-refractivity contribution is 0.0838. The van der Waals surface area contributed by atoms with Crippen LogP contribution in [-0.4, -0.2) is 81.7 Å². The molecule has 0 spiro atoms. The minimum absolute atomic E-state index is 0.0240. The zero-order chi connectivity index (χ0) is 42.2. The molecule has 0 saturated carbocycles. The molecule has 3 aliphatic rings. The normalized spacial score (nSPS) is 18.7. The van der Waals surface area contributed by atoms with E-state index in [1.807, 2.05) is 83.6 Å². The second-order valence-electron chi connectivity index (χ2n) is 17.8. The second kappa shape index (κ2) is 16.8. The Morgan fingerprint density at radius 1 is 1.03 bits per heavy atom. The number of hydrogen-bond donors (Lipinski definition) is 4. The standard InChI is InChI=1S/C47H55N7O5Si/c1-47(2,3)60(4,5)59-43(36-16-19-42(55)45-37(36)17-20-44(56)49-45)29-48-28-32-14-18-39-38(26-32)50-51-53(39)23-9-10-31-13-15-35(33-11-7-6-8-12-33)40(27-31)54(46(57)58)41-30-52-24-21-34(41)22-25-52/h6-20,26-27,34,41,43,48,55H,21-25,28-30H2,1-5H3,(H,49,56)(H,57,58)/t41-,43-/m0/s1. The van der Waals surface area contributed by atoms with E-state index in [2.05, 4.69) is 65.4 Å². The molecule has 12 nitrogen and oxygen atoms in total. The van der Waals surface area contributed by atoms with Crippen molar-refractivity contribution in [1.82, 2.24) is 30.2 Å². The average Bonchev–Trinajstić information content (AvgIpc) is 3.63. The number of aromatic nitrogens is 4. The Balaban J connectivity index is 0.984. The molecular formula is C47H55N7O5Si. The van der Waals surface area contributed by atoms with Gasteiger partial charge in [-0.25, -0.2) is 9.48 Å². The molecule has 0 aliphatic carbocycles. The SMILES string of the molecule is CC(C)(C)[Si](C)(C)O[C@@H](CNCc1ccc2c(c1)nnn2CC=Cc1ccc(-c2ccccc2)c(N(C(=O)O)[C@H]2CN3CCC2CC3)c1)c1ccc(O)c2[nH]c(=O)ccc12. The van der Waals surface area contributed by atoms with Crippen LogP contribution in [0.5, 0.6) is 5.75 Å². The molecule has 3 fully saturated rings. The largest absolute Gasteiger partial charge is 0.506 e. The molecule has 6 aromatic rings. The van der Waals surface area contributed by atoms with Crippen LogP contribution in [0.4, 0.5) is 10.5 Å². The van der Waals surface area contributed by atoms with Gasteiger partial charge in [-0.05, 0) is 103 Å². The molecule has 4 aromatic carbocycles. The van der Waals surface area contributed by atoms with Gasteiger partial charge < -0.3 is 29.8 Å². The Morgan fingerprint density at radius 2 is 1.82 bits per heavy atom. The molecule has 0 unspecified atom stereocenters. The van der Waals surface area contributed by atoms with E-state index in [1.165, 1.54) is 6.07 Å². The van der Waals surface area contributed by atoms with E-state index < -0.39 is 14.4 Å². The maximum atomic E-state index is 13.0. The smallest absolute Gasteiger partial charge is 0.412 e. The summed E-state index contributed by atoms with van der Waals surface area (Å²) in [4.78, 5) is 32.0. The number of anilines is 1. The van der Waals surface area contributed by atoms with E-state index in [4.69, 9.17) is 4.43 Å². The van der Waals surface area contributed by atoms with Crippen LogP contribution in [0.15, 0.2) is 102 Å². The summed E-state index contributed by atoms with van der Waals surface area (Å²) in [6, 6.07) is 28.9. The van der Waals surface area contributed by atoms with Crippen LogP contribution in [-0.2, 0) is 17.5 Å². The number of aromatic hydroxyl groups is 1. The van der Waals surface area contributed by atoms with Gasteiger partial charge in [0.25, 0.3) is 0 Å². The van der Waals surface area contributed by atoms with Gasteiger partial charge in [0.2, 0.25) is 5.56 Å². The number of benzene rings is 4. The van der Waals surface area contributed by atoms with Crippen LogP contribution in [0.1, 0.15) is 56.4 Å². The number of fused-ring (bicyclic) bond motifs is 5. The first-order valence-corrected chi connectivity index (χ1v) is 23.8. The number of carbonyl (C=O) groups is 1. The predicted molar refractivity (Wildman–Crippen MR) is 241 cm³/mol. The Bertz CT molecular complexity index is 2590. The lowest BCUT2D eigenvalue weighted by atomic mass is 9.82. The molecule has 3 saturated heterocycles. The minimum atomic E-state index is -2.23. The van der Waals surface area contributed by atoms with Crippen molar-refractivity contribution in [3.8, 4) is 16.9 Å². The van der Waals surface area contributed by atoms with E-state index in [-0.39, 0.29) is 28.5 Å². The maximum Gasteiger partial charge on any atom is 0.412 e. The molecule has 2 aromatic heterocycles. The molecule has 0 radical (unpaired) electrons. The van der Waals surface area contributed by atoms with E-state index in [1.54, 1.807) is 17.0 Å². The number of aromatic amines is 1.